The summed E-state index contributed by atoms with van der Waals surface area (Å²) in [6.45, 7) is 12.3. The molecule has 10 atom stereocenters. The van der Waals surface area contributed by atoms with Gasteiger partial charge in [0.1, 0.15) is 17.8 Å². The average Bonchev–Trinajstić information content (AvgIpc) is 3.04. The number of benzene rings is 1. The minimum absolute atomic E-state index is 0.146. The van der Waals surface area contributed by atoms with Crippen molar-refractivity contribution < 1.29 is 54.1 Å². The van der Waals surface area contributed by atoms with Crippen molar-refractivity contribution in [1.82, 2.24) is 10.2 Å². The number of aliphatic hydroxyl groups excluding tert-OH is 3. The second-order valence-corrected chi connectivity index (χ2v) is 13.6. The summed E-state index contributed by atoms with van der Waals surface area (Å²) in [4.78, 5) is 27.8. The van der Waals surface area contributed by atoms with E-state index in [1.54, 1.807) is 32.9 Å². The molecule has 2 rings (SSSR count). The number of esters is 1. The molecule has 2 amide bonds. The Hall–Kier alpha value is -2.88. The molecule has 0 aromatic heterocycles. The summed E-state index contributed by atoms with van der Waals surface area (Å²) in [6.07, 6.45) is -4.35. The van der Waals surface area contributed by atoms with Crippen molar-refractivity contribution in [2.75, 3.05) is 46.3 Å². The van der Waals surface area contributed by atoms with Crippen LogP contribution in [0, 0.1) is 17.8 Å². The predicted molar refractivity (Wildman–Crippen MR) is 180 cm³/mol. The van der Waals surface area contributed by atoms with Gasteiger partial charge < -0.3 is 55.1 Å². The SMILES string of the molecule is CC[C@H]1OC(=O)[C@H](C)[C@@H](O)[C@H](C)[C@@H](O)[C@](C)(O)C[C@@H](C)CN(CCCNC(=O)Nc2cc(OC)c(OC)c(OC)c2)[C@H](C)[C@@H](O)[C@]1(C)O. The number of cyclic esters (lactones) is 1. The van der Waals surface area contributed by atoms with Gasteiger partial charge in [-0.1, -0.05) is 20.8 Å². The standard InChI is InChI=1S/C34H59N3O11/c1-11-26-34(7,44)30(40)22(5)37(18-19(2)17-33(6,43)29(39)20(3)27(38)21(4)31(41)48-26)14-12-13-35-32(42)36-23-15-24(45-8)28(47-10)25(16-23)46-9/h15-16,19-22,26-27,29-30,38-40,43-44H,11-14,17-18H2,1-10H3,(H2,35,36,42)/t19-,20+,21-,22-,26-,27+,29-,30-,33-,34-/m1/s1. The first-order valence-corrected chi connectivity index (χ1v) is 16.6. The highest BCUT2D eigenvalue weighted by atomic mass is 16.6. The second kappa shape index (κ2) is 17.7. The lowest BCUT2D eigenvalue weighted by Crippen LogP contribution is -2.59. The highest BCUT2D eigenvalue weighted by Gasteiger charge is 2.47. The number of ether oxygens (including phenoxy) is 4. The maximum Gasteiger partial charge on any atom is 0.319 e. The van der Waals surface area contributed by atoms with Crippen LogP contribution in [0.25, 0.3) is 0 Å². The van der Waals surface area contributed by atoms with Crippen LogP contribution >= 0.6 is 0 Å². The number of hydrogen-bond donors (Lipinski definition) is 7. The first-order chi connectivity index (χ1) is 22.4. The van der Waals surface area contributed by atoms with Gasteiger partial charge in [0.25, 0.3) is 0 Å². The van der Waals surface area contributed by atoms with Gasteiger partial charge in [-0.2, -0.15) is 0 Å². The van der Waals surface area contributed by atoms with Crippen LogP contribution in [-0.2, 0) is 9.53 Å². The lowest BCUT2D eigenvalue weighted by molar-refractivity contribution is -0.193. The van der Waals surface area contributed by atoms with Gasteiger partial charge in [-0.15, -0.1) is 0 Å². The lowest BCUT2D eigenvalue weighted by atomic mass is 9.78. The maximum absolute atomic E-state index is 13.1. The Morgan fingerprint density at radius 3 is 2.10 bits per heavy atom. The molecule has 0 saturated carbocycles. The number of methoxy groups -OCH3 is 3. The summed E-state index contributed by atoms with van der Waals surface area (Å²) in [5.74, 6) is -1.78. The summed E-state index contributed by atoms with van der Waals surface area (Å²) in [5.41, 5.74) is -3.04. The highest BCUT2D eigenvalue weighted by Crippen LogP contribution is 2.40. The van der Waals surface area contributed by atoms with Crippen molar-refractivity contribution in [2.45, 2.75) is 109 Å². The zero-order valence-corrected chi connectivity index (χ0v) is 30.1. The fraction of sp³-hybridized carbons (Fsp3) is 0.765. The van der Waals surface area contributed by atoms with E-state index in [1.165, 1.54) is 42.1 Å². The van der Waals surface area contributed by atoms with Gasteiger partial charge in [-0.05, 0) is 52.9 Å². The molecule has 0 bridgehead atoms. The van der Waals surface area contributed by atoms with Crippen LogP contribution in [0.4, 0.5) is 10.5 Å². The van der Waals surface area contributed by atoms with E-state index < -0.39 is 65.5 Å². The number of nitrogens with one attached hydrogen (secondary N) is 2. The zero-order valence-electron chi connectivity index (χ0n) is 30.1. The minimum atomic E-state index is -1.86. The van der Waals surface area contributed by atoms with E-state index in [0.29, 0.717) is 42.4 Å². The topological polar surface area (TPSA) is 200 Å². The first kappa shape index (κ1) is 41.3. The summed E-state index contributed by atoms with van der Waals surface area (Å²) < 4.78 is 21.7. The lowest BCUT2D eigenvalue weighted by Gasteiger charge is -2.43. The molecule has 1 saturated heterocycles. The smallest absolute Gasteiger partial charge is 0.319 e. The van der Waals surface area contributed by atoms with Crippen LogP contribution in [0.3, 0.4) is 0 Å². The van der Waals surface area contributed by atoms with Gasteiger partial charge in [0.15, 0.2) is 11.5 Å². The molecule has 0 aliphatic carbocycles. The quantitative estimate of drug-likeness (QED) is 0.148. The van der Waals surface area contributed by atoms with Crippen molar-refractivity contribution >= 4 is 17.7 Å². The summed E-state index contributed by atoms with van der Waals surface area (Å²) in [5, 5.41) is 62.0. The van der Waals surface area contributed by atoms with Gasteiger partial charge in [0.2, 0.25) is 5.75 Å². The van der Waals surface area contributed by atoms with E-state index in [4.69, 9.17) is 18.9 Å². The third-order valence-corrected chi connectivity index (χ3v) is 9.61. The number of rotatable bonds is 9. The third-order valence-electron chi connectivity index (χ3n) is 9.61. The van der Waals surface area contributed by atoms with Crippen LogP contribution in [0.5, 0.6) is 17.2 Å². The molecule has 14 nitrogen and oxygen atoms in total. The molecule has 1 aromatic carbocycles. The van der Waals surface area contributed by atoms with Gasteiger partial charge in [0.05, 0.1) is 50.7 Å². The molecular formula is C34H59N3O11. The molecule has 1 aliphatic heterocycles. The molecule has 0 radical (unpaired) electrons. The Morgan fingerprint density at radius 2 is 1.58 bits per heavy atom. The molecular weight excluding hydrogens is 626 g/mol. The van der Waals surface area contributed by atoms with Crippen molar-refractivity contribution in [1.29, 1.82) is 0 Å². The van der Waals surface area contributed by atoms with Crippen molar-refractivity contribution in [3.63, 3.8) is 0 Å². The van der Waals surface area contributed by atoms with Crippen LogP contribution < -0.4 is 24.8 Å². The summed E-state index contributed by atoms with van der Waals surface area (Å²) in [6, 6.07) is 2.10. The van der Waals surface area contributed by atoms with Crippen molar-refractivity contribution in [3.05, 3.63) is 12.1 Å². The van der Waals surface area contributed by atoms with Gasteiger partial charge in [0, 0.05) is 43.7 Å². The molecule has 1 aromatic rings. The molecule has 7 N–H and O–H groups in total. The molecule has 1 aliphatic rings. The zero-order chi connectivity index (χ0) is 36.6. The molecule has 1 fully saturated rings. The Morgan fingerprint density at radius 1 is 1.00 bits per heavy atom. The van der Waals surface area contributed by atoms with E-state index in [0.717, 1.165) is 0 Å². The molecule has 48 heavy (non-hydrogen) atoms. The number of nitrogens with zero attached hydrogens (tertiary/aromatic N) is 1. The van der Waals surface area contributed by atoms with E-state index in [-0.39, 0.29) is 25.3 Å². The molecule has 14 heteroatoms. The van der Waals surface area contributed by atoms with Crippen LogP contribution in [-0.4, -0.2) is 125 Å². The van der Waals surface area contributed by atoms with E-state index in [9.17, 15) is 35.1 Å². The second-order valence-electron chi connectivity index (χ2n) is 13.6. The number of aliphatic hydroxyl groups is 5. The monoisotopic (exact) mass is 685 g/mol. The Kier molecular flexibility index (Phi) is 15.2. The largest absolute Gasteiger partial charge is 0.493 e. The number of carbonyl (C=O) groups is 2. The Bertz CT molecular complexity index is 1170. The Balaban J connectivity index is 2.26. The minimum Gasteiger partial charge on any atom is -0.493 e. The van der Waals surface area contributed by atoms with Crippen LogP contribution in [0.1, 0.15) is 67.7 Å². The van der Waals surface area contributed by atoms with Gasteiger partial charge in [-0.3, -0.25) is 9.69 Å². The fourth-order valence-electron chi connectivity index (χ4n) is 6.65. The number of amides is 2. The normalized spacial score (nSPS) is 34.3. The van der Waals surface area contributed by atoms with E-state index in [1.807, 2.05) is 11.8 Å². The van der Waals surface area contributed by atoms with Gasteiger partial charge >= 0.3 is 12.0 Å². The molecule has 1 heterocycles. The van der Waals surface area contributed by atoms with Crippen LogP contribution in [0.2, 0.25) is 0 Å². The Labute approximate surface area is 284 Å². The van der Waals surface area contributed by atoms with E-state index in [2.05, 4.69) is 10.6 Å². The molecule has 0 unspecified atom stereocenters. The summed E-state index contributed by atoms with van der Waals surface area (Å²) >= 11 is 0. The summed E-state index contributed by atoms with van der Waals surface area (Å²) in [7, 11) is 4.44. The number of anilines is 1. The fourth-order valence-corrected chi connectivity index (χ4v) is 6.65. The average molecular weight is 686 g/mol. The van der Waals surface area contributed by atoms with Crippen molar-refractivity contribution in [2.24, 2.45) is 17.8 Å². The number of urea groups is 1. The number of hydrogen-bond acceptors (Lipinski definition) is 12. The molecule has 0 spiro atoms. The third kappa shape index (κ3) is 10.1. The van der Waals surface area contributed by atoms with Gasteiger partial charge in [-0.25, -0.2) is 4.79 Å². The highest BCUT2D eigenvalue weighted by molar-refractivity contribution is 5.90. The van der Waals surface area contributed by atoms with Crippen molar-refractivity contribution in [3.8, 4) is 17.2 Å². The first-order valence-electron chi connectivity index (χ1n) is 16.6. The number of carbonyl (C=O) groups excluding carboxylic acids is 2. The maximum atomic E-state index is 13.1. The molecule has 276 valence electrons. The van der Waals surface area contributed by atoms with E-state index >= 15 is 0 Å². The predicted octanol–water partition coefficient (Wildman–Crippen LogP) is 2.13. The van der Waals surface area contributed by atoms with Crippen LogP contribution in [0.15, 0.2) is 12.1 Å².